The second kappa shape index (κ2) is 6.05. The molecule has 2 heterocycles. The van der Waals surface area contributed by atoms with E-state index >= 15 is 0 Å². The van der Waals surface area contributed by atoms with E-state index in [0.717, 1.165) is 28.7 Å². The van der Waals surface area contributed by atoms with Gasteiger partial charge < -0.3 is 5.32 Å². The van der Waals surface area contributed by atoms with E-state index in [1.807, 2.05) is 60.0 Å². The fraction of sp³-hybridized carbons (Fsp3) is 0.211. The number of carbonyl (C=O) groups is 2. The normalized spacial score (nSPS) is 15.9. The molecule has 1 aliphatic heterocycles. The number of imidazole rings is 1. The molecule has 1 aliphatic rings. The summed E-state index contributed by atoms with van der Waals surface area (Å²) in [7, 11) is 0. The third-order valence-electron chi connectivity index (χ3n) is 4.50. The predicted molar refractivity (Wildman–Crippen MR) is 96.5 cm³/mol. The summed E-state index contributed by atoms with van der Waals surface area (Å²) in [6.07, 6.45) is 0.897. The molecule has 6 heteroatoms. The van der Waals surface area contributed by atoms with Gasteiger partial charge in [0.25, 0.3) is 0 Å². The Kier molecular flexibility index (Phi) is 3.72. The molecule has 0 saturated heterocycles. The van der Waals surface area contributed by atoms with E-state index in [0.29, 0.717) is 5.95 Å². The van der Waals surface area contributed by atoms with Gasteiger partial charge in [-0.25, -0.2) is 4.98 Å². The fourth-order valence-electron chi connectivity index (χ4n) is 3.27. The van der Waals surface area contributed by atoms with Gasteiger partial charge in [0.2, 0.25) is 17.8 Å². The highest BCUT2D eigenvalue weighted by molar-refractivity contribution is 6.03. The van der Waals surface area contributed by atoms with Crippen molar-refractivity contribution in [2.75, 3.05) is 10.6 Å². The summed E-state index contributed by atoms with van der Waals surface area (Å²) in [5, 5.41) is 5.69. The van der Waals surface area contributed by atoms with Gasteiger partial charge in [-0.2, -0.15) is 0 Å². The fourth-order valence-corrected chi connectivity index (χ4v) is 3.27. The third-order valence-corrected chi connectivity index (χ3v) is 4.50. The first kappa shape index (κ1) is 15.4. The lowest BCUT2D eigenvalue weighted by Crippen LogP contribution is -2.23. The van der Waals surface area contributed by atoms with Crippen molar-refractivity contribution in [2.24, 2.45) is 0 Å². The number of carbonyl (C=O) groups excluding carboxylic acids is 2. The Balaban J connectivity index is 1.59. The number of hydrogen-bond donors (Lipinski definition) is 2. The van der Waals surface area contributed by atoms with Crippen LogP contribution in [-0.2, 0) is 16.0 Å². The summed E-state index contributed by atoms with van der Waals surface area (Å²) in [5.74, 6) is 0.108. The van der Waals surface area contributed by atoms with Crippen molar-refractivity contribution in [3.8, 4) is 0 Å². The lowest BCUT2D eigenvalue weighted by atomic mass is 10.1. The zero-order chi connectivity index (χ0) is 17.4. The van der Waals surface area contributed by atoms with Gasteiger partial charge in [-0.05, 0) is 30.2 Å². The van der Waals surface area contributed by atoms with Crippen LogP contribution >= 0.6 is 0 Å². The van der Waals surface area contributed by atoms with Gasteiger partial charge >= 0.3 is 0 Å². The van der Waals surface area contributed by atoms with Crippen LogP contribution in [0.2, 0.25) is 0 Å². The highest BCUT2D eigenvalue weighted by Crippen LogP contribution is 2.32. The number of amides is 2. The van der Waals surface area contributed by atoms with Crippen LogP contribution in [-0.4, -0.2) is 21.4 Å². The maximum atomic E-state index is 12.5. The van der Waals surface area contributed by atoms with Crippen LogP contribution in [0.3, 0.4) is 0 Å². The first-order valence-electron chi connectivity index (χ1n) is 8.33. The summed E-state index contributed by atoms with van der Waals surface area (Å²) in [6.45, 7) is 2.04. The Morgan fingerprint density at radius 1 is 1.20 bits per heavy atom. The first-order valence-corrected chi connectivity index (χ1v) is 8.33. The molecule has 1 aromatic heterocycles. The molecule has 0 saturated carbocycles. The number of anilines is 2. The second-order valence-electron chi connectivity index (χ2n) is 6.06. The van der Waals surface area contributed by atoms with Crippen molar-refractivity contribution in [3.63, 3.8) is 0 Å². The Hall–Kier alpha value is -3.15. The topological polar surface area (TPSA) is 76.0 Å². The zero-order valence-corrected chi connectivity index (χ0v) is 13.8. The summed E-state index contributed by atoms with van der Waals surface area (Å²) in [4.78, 5) is 29.2. The van der Waals surface area contributed by atoms with Crippen LogP contribution in [0.25, 0.3) is 11.0 Å². The summed E-state index contributed by atoms with van der Waals surface area (Å²) in [5.41, 5.74) is 3.52. The van der Waals surface area contributed by atoms with E-state index in [9.17, 15) is 9.59 Å². The zero-order valence-electron chi connectivity index (χ0n) is 13.8. The Morgan fingerprint density at radius 2 is 1.96 bits per heavy atom. The van der Waals surface area contributed by atoms with Crippen molar-refractivity contribution < 1.29 is 9.59 Å². The molecule has 2 N–H and O–H groups in total. The Bertz CT molecular complexity index is 976. The highest BCUT2D eigenvalue weighted by Gasteiger charge is 2.34. The maximum Gasteiger partial charge on any atom is 0.250 e. The largest absolute Gasteiger partial charge is 0.326 e. The van der Waals surface area contributed by atoms with E-state index in [1.54, 1.807) is 0 Å². The summed E-state index contributed by atoms with van der Waals surface area (Å²) in [6, 6.07) is 14.7. The standard InChI is InChI=1S/C19H18N4O2/c1-2-12-7-3-4-8-13(12)20-17(24)11-16-18(25)22-19-21-14-9-5-6-10-15(14)23(16)19/h3-10,16H,2,11H2,1H3,(H,20,24)(H,21,22,25)/t16-/m1/s1. The van der Waals surface area contributed by atoms with E-state index in [1.165, 1.54) is 0 Å². The molecular formula is C19H18N4O2. The average Bonchev–Trinajstić information content (AvgIpc) is 3.11. The number of hydrogen-bond acceptors (Lipinski definition) is 3. The minimum Gasteiger partial charge on any atom is -0.326 e. The minimum absolute atomic E-state index is 0.0667. The molecule has 3 aromatic rings. The quantitative estimate of drug-likeness (QED) is 0.770. The lowest BCUT2D eigenvalue weighted by Gasteiger charge is -2.13. The van der Waals surface area contributed by atoms with Gasteiger partial charge in [0, 0.05) is 5.69 Å². The van der Waals surface area contributed by atoms with Gasteiger partial charge in [-0.3, -0.25) is 19.5 Å². The monoisotopic (exact) mass is 334 g/mol. The second-order valence-corrected chi connectivity index (χ2v) is 6.06. The molecule has 6 nitrogen and oxygen atoms in total. The van der Waals surface area contributed by atoms with Crippen LogP contribution in [0.4, 0.5) is 11.6 Å². The molecule has 0 radical (unpaired) electrons. The first-order chi connectivity index (χ1) is 12.2. The van der Waals surface area contributed by atoms with E-state index in [-0.39, 0.29) is 18.2 Å². The number of aryl methyl sites for hydroxylation is 1. The number of rotatable bonds is 4. The number of aromatic nitrogens is 2. The van der Waals surface area contributed by atoms with E-state index in [2.05, 4.69) is 15.6 Å². The van der Waals surface area contributed by atoms with Crippen molar-refractivity contribution >= 4 is 34.5 Å². The van der Waals surface area contributed by atoms with Crippen molar-refractivity contribution in [3.05, 3.63) is 54.1 Å². The molecule has 0 unspecified atom stereocenters. The molecular weight excluding hydrogens is 316 g/mol. The smallest absolute Gasteiger partial charge is 0.250 e. The van der Waals surface area contributed by atoms with E-state index < -0.39 is 6.04 Å². The van der Waals surface area contributed by atoms with Gasteiger partial charge in [-0.15, -0.1) is 0 Å². The lowest BCUT2D eigenvalue weighted by molar-refractivity contribution is -0.123. The number of benzene rings is 2. The Labute approximate surface area is 144 Å². The van der Waals surface area contributed by atoms with Crippen LogP contribution in [0.5, 0.6) is 0 Å². The number of nitrogens with zero attached hydrogens (tertiary/aromatic N) is 2. The molecule has 126 valence electrons. The number of fused-ring (bicyclic) bond motifs is 3. The molecule has 25 heavy (non-hydrogen) atoms. The van der Waals surface area contributed by atoms with Crippen LogP contribution in [0, 0.1) is 0 Å². The molecule has 0 bridgehead atoms. The average molecular weight is 334 g/mol. The highest BCUT2D eigenvalue weighted by atomic mass is 16.2. The van der Waals surface area contributed by atoms with Crippen molar-refractivity contribution in [2.45, 2.75) is 25.8 Å². The maximum absolute atomic E-state index is 12.5. The summed E-state index contributed by atoms with van der Waals surface area (Å²) < 4.78 is 1.81. The molecule has 1 atom stereocenters. The van der Waals surface area contributed by atoms with Crippen LogP contribution in [0.15, 0.2) is 48.5 Å². The Morgan fingerprint density at radius 3 is 2.80 bits per heavy atom. The van der Waals surface area contributed by atoms with Gasteiger partial charge in [0.05, 0.1) is 17.5 Å². The van der Waals surface area contributed by atoms with Crippen LogP contribution < -0.4 is 10.6 Å². The van der Waals surface area contributed by atoms with Gasteiger partial charge in [0.1, 0.15) is 6.04 Å². The molecule has 0 spiro atoms. The van der Waals surface area contributed by atoms with E-state index in [4.69, 9.17) is 0 Å². The molecule has 0 fully saturated rings. The molecule has 2 aromatic carbocycles. The molecule has 2 amide bonds. The number of para-hydroxylation sites is 3. The minimum atomic E-state index is -0.587. The number of nitrogens with one attached hydrogen (secondary N) is 2. The van der Waals surface area contributed by atoms with Crippen LogP contribution in [0.1, 0.15) is 24.9 Å². The summed E-state index contributed by atoms with van der Waals surface area (Å²) >= 11 is 0. The van der Waals surface area contributed by atoms with Gasteiger partial charge in [0.15, 0.2) is 0 Å². The molecule has 0 aliphatic carbocycles. The third kappa shape index (κ3) is 2.65. The SMILES string of the molecule is CCc1ccccc1NC(=O)C[C@@H]1C(=O)Nc2nc3ccccc3n21. The van der Waals surface area contributed by atoms with Crippen molar-refractivity contribution in [1.82, 2.24) is 9.55 Å². The van der Waals surface area contributed by atoms with Crippen molar-refractivity contribution in [1.29, 1.82) is 0 Å². The molecule has 4 rings (SSSR count). The van der Waals surface area contributed by atoms with Gasteiger partial charge in [-0.1, -0.05) is 37.3 Å². The predicted octanol–water partition coefficient (Wildman–Crippen LogP) is 3.12.